The second-order valence-corrected chi connectivity index (χ2v) is 5.24. The predicted molar refractivity (Wildman–Crippen MR) is 71.1 cm³/mol. The first-order chi connectivity index (χ1) is 8.31. The number of nitrogens with one attached hydrogen (secondary N) is 2. The summed E-state index contributed by atoms with van der Waals surface area (Å²) in [6, 6.07) is 6.92. The number of rotatable bonds is 5. The van der Waals surface area contributed by atoms with Crippen LogP contribution < -0.4 is 5.32 Å². The summed E-state index contributed by atoms with van der Waals surface area (Å²) in [5, 5.41) is 11.7. The average molecular weight is 229 g/mol. The Morgan fingerprint density at radius 1 is 1.47 bits per heavy atom. The van der Waals surface area contributed by atoms with Crippen LogP contribution in [0.3, 0.4) is 0 Å². The lowest BCUT2D eigenvalue weighted by Gasteiger charge is -2.15. The van der Waals surface area contributed by atoms with Gasteiger partial charge in [0.15, 0.2) is 0 Å². The molecular formula is C14H19N3. The zero-order valence-electron chi connectivity index (χ0n) is 10.2. The van der Waals surface area contributed by atoms with E-state index in [0.717, 1.165) is 11.4 Å². The van der Waals surface area contributed by atoms with Gasteiger partial charge >= 0.3 is 0 Å². The Bertz CT molecular complexity index is 499. The van der Waals surface area contributed by atoms with Crippen molar-refractivity contribution in [2.45, 2.75) is 38.6 Å². The second-order valence-electron chi connectivity index (χ2n) is 5.24. The van der Waals surface area contributed by atoms with Crippen LogP contribution in [0.1, 0.15) is 32.6 Å². The highest BCUT2D eigenvalue weighted by atomic mass is 15.1. The fraction of sp³-hybridized carbons (Fsp3) is 0.500. The van der Waals surface area contributed by atoms with E-state index < -0.39 is 0 Å². The third kappa shape index (κ3) is 2.60. The summed E-state index contributed by atoms with van der Waals surface area (Å²) in [6.07, 6.45) is 7.42. The van der Waals surface area contributed by atoms with Crippen LogP contribution in [-0.2, 0) is 0 Å². The second kappa shape index (κ2) is 4.40. The van der Waals surface area contributed by atoms with Crippen LogP contribution >= 0.6 is 0 Å². The molecule has 1 aliphatic rings. The van der Waals surface area contributed by atoms with Crippen LogP contribution in [0, 0.1) is 5.92 Å². The molecule has 2 aromatic rings. The molecule has 0 aliphatic heterocycles. The average Bonchev–Trinajstić information content (AvgIpc) is 3.04. The van der Waals surface area contributed by atoms with Crippen LogP contribution in [-0.4, -0.2) is 16.2 Å². The van der Waals surface area contributed by atoms with Crippen molar-refractivity contribution < 1.29 is 0 Å². The van der Waals surface area contributed by atoms with Crippen molar-refractivity contribution in [3.05, 3.63) is 24.4 Å². The monoisotopic (exact) mass is 229 g/mol. The smallest absolute Gasteiger partial charge is 0.0651 e. The molecule has 3 heteroatoms. The number of hydrogen-bond acceptors (Lipinski definition) is 2. The minimum atomic E-state index is 0.556. The normalized spacial score (nSPS) is 17.2. The summed E-state index contributed by atoms with van der Waals surface area (Å²) in [6.45, 7) is 2.27. The van der Waals surface area contributed by atoms with E-state index in [9.17, 15) is 0 Å². The molecule has 2 N–H and O–H groups in total. The van der Waals surface area contributed by atoms with E-state index in [0.29, 0.717) is 6.04 Å². The molecule has 0 saturated heterocycles. The Kier molecular flexibility index (Phi) is 2.75. The fourth-order valence-electron chi connectivity index (χ4n) is 2.28. The Morgan fingerprint density at radius 2 is 2.35 bits per heavy atom. The van der Waals surface area contributed by atoms with Crippen LogP contribution in [0.2, 0.25) is 0 Å². The maximum Gasteiger partial charge on any atom is 0.0651 e. The largest absolute Gasteiger partial charge is 0.383 e. The number of anilines is 1. The standard InChI is InChI=1S/C14H19N3/c1-10(2-3-11-4-5-11)16-13-6-7-14-12(8-13)9-15-17-14/h6-11,16H,2-5H2,1H3,(H,15,17)/t10-/m1/s1. The third-order valence-corrected chi connectivity index (χ3v) is 3.56. The van der Waals surface area contributed by atoms with Gasteiger partial charge < -0.3 is 5.32 Å². The Labute approximate surface area is 102 Å². The number of aromatic nitrogens is 2. The van der Waals surface area contributed by atoms with Crippen LogP contribution in [0.25, 0.3) is 10.9 Å². The molecule has 3 rings (SSSR count). The lowest BCUT2D eigenvalue weighted by Crippen LogP contribution is -2.14. The highest BCUT2D eigenvalue weighted by Crippen LogP contribution is 2.34. The van der Waals surface area contributed by atoms with Crippen molar-refractivity contribution in [2.75, 3.05) is 5.32 Å². The van der Waals surface area contributed by atoms with Crippen molar-refractivity contribution >= 4 is 16.6 Å². The number of nitrogens with zero attached hydrogens (tertiary/aromatic N) is 1. The first-order valence-electron chi connectivity index (χ1n) is 6.51. The van der Waals surface area contributed by atoms with Crippen LogP contribution in [0.15, 0.2) is 24.4 Å². The van der Waals surface area contributed by atoms with E-state index in [1.54, 1.807) is 0 Å². The first kappa shape index (κ1) is 10.6. The number of H-pyrrole nitrogens is 1. The van der Waals surface area contributed by atoms with E-state index in [1.165, 1.54) is 36.8 Å². The molecule has 0 amide bonds. The van der Waals surface area contributed by atoms with Crippen LogP contribution in [0.4, 0.5) is 5.69 Å². The Hall–Kier alpha value is -1.51. The molecule has 1 aliphatic carbocycles. The summed E-state index contributed by atoms with van der Waals surface area (Å²) >= 11 is 0. The van der Waals surface area contributed by atoms with E-state index in [4.69, 9.17) is 0 Å². The van der Waals surface area contributed by atoms with Crippen molar-refractivity contribution in [1.82, 2.24) is 10.2 Å². The van der Waals surface area contributed by atoms with Gasteiger partial charge in [-0.1, -0.05) is 12.8 Å². The molecule has 90 valence electrons. The first-order valence-corrected chi connectivity index (χ1v) is 6.51. The van der Waals surface area contributed by atoms with Crippen molar-refractivity contribution in [1.29, 1.82) is 0 Å². The number of hydrogen-bond donors (Lipinski definition) is 2. The molecule has 3 nitrogen and oxygen atoms in total. The molecule has 1 saturated carbocycles. The zero-order valence-corrected chi connectivity index (χ0v) is 10.2. The Balaban J connectivity index is 1.62. The maximum atomic E-state index is 4.04. The minimum absolute atomic E-state index is 0.556. The van der Waals surface area contributed by atoms with Crippen molar-refractivity contribution in [2.24, 2.45) is 5.92 Å². The molecule has 1 heterocycles. The van der Waals surface area contributed by atoms with Crippen molar-refractivity contribution in [3.8, 4) is 0 Å². The Morgan fingerprint density at radius 3 is 3.18 bits per heavy atom. The molecule has 1 fully saturated rings. The van der Waals surface area contributed by atoms with Crippen molar-refractivity contribution in [3.63, 3.8) is 0 Å². The number of benzene rings is 1. The van der Waals surface area contributed by atoms with Gasteiger partial charge in [-0.2, -0.15) is 5.10 Å². The topological polar surface area (TPSA) is 40.7 Å². The van der Waals surface area contributed by atoms with Gasteiger partial charge in [-0.05, 0) is 43.9 Å². The summed E-state index contributed by atoms with van der Waals surface area (Å²) < 4.78 is 0. The molecule has 0 bridgehead atoms. The molecule has 0 spiro atoms. The number of aromatic amines is 1. The fourth-order valence-corrected chi connectivity index (χ4v) is 2.28. The van der Waals surface area contributed by atoms with Gasteiger partial charge in [0.25, 0.3) is 0 Å². The highest BCUT2D eigenvalue weighted by Gasteiger charge is 2.21. The third-order valence-electron chi connectivity index (χ3n) is 3.56. The van der Waals surface area contributed by atoms with E-state index >= 15 is 0 Å². The summed E-state index contributed by atoms with van der Waals surface area (Å²) in [4.78, 5) is 0. The molecule has 1 atom stereocenters. The molecule has 1 aromatic carbocycles. The summed E-state index contributed by atoms with van der Waals surface area (Å²) in [5.74, 6) is 1.02. The zero-order chi connectivity index (χ0) is 11.7. The van der Waals surface area contributed by atoms with Gasteiger partial charge in [-0.15, -0.1) is 0 Å². The van der Waals surface area contributed by atoms with Gasteiger partial charge in [0.2, 0.25) is 0 Å². The van der Waals surface area contributed by atoms with Gasteiger partial charge in [0.05, 0.1) is 11.7 Å². The van der Waals surface area contributed by atoms with E-state index in [-0.39, 0.29) is 0 Å². The maximum absolute atomic E-state index is 4.04. The van der Waals surface area contributed by atoms with Gasteiger partial charge in [-0.3, -0.25) is 5.10 Å². The predicted octanol–water partition coefficient (Wildman–Crippen LogP) is 3.55. The van der Waals surface area contributed by atoms with Gasteiger partial charge in [0.1, 0.15) is 0 Å². The SMILES string of the molecule is C[C@H](CCC1CC1)Nc1ccc2[nH]ncc2c1. The lowest BCUT2D eigenvalue weighted by molar-refractivity contribution is 0.610. The quantitative estimate of drug-likeness (QED) is 0.823. The molecule has 1 aromatic heterocycles. The number of fused-ring (bicyclic) bond motifs is 1. The summed E-state index contributed by atoms with van der Waals surface area (Å²) in [7, 11) is 0. The minimum Gasteiger partial charge on any atom is -0.383 e. The van der Waals surface area contributed by atoms with E-state index in [1.807, 2.05) is 6.20 Å². The summed E-state index contributed by atoms with van der Waals surface area (Å²) in [5.41, 5.74) is 2.29. The van der Waals surface area contributed by atoms with Gasteiger partial charge in [0, 0.05) is 17.1 Å². The molecule has 0 radical (unpaired) electrons. The molecule has 0 unspecified atom stereocenters. The van der Waals surface area contributed by atoms with E-state index in [2.05, 4.69) is 40.6 Å². The highest BCUT2D eigenvalue weighted by molar-refractivity contribution is 5.81. The molecular weight excluding hydrogens is 210 g/mol. The lowest BCUT2D eigenvalue weighted by atomic mass is 10.1. The molecule has 17 heavy (non-hydrogen) atoms. The van der Waals surface area contributed by atoms with Crippen LogP contribution in [0.5, 0.6) is 0 Å². The van der Waals surface area contributed by atoms with Gasteiger partial charge in [-0.25, -0.2) is 0 Å².